The van der Waals surface area contributed by atoms with Crippen LogP contribution < -0.4 is 10.6 Å². The van der Waals surface area contributed by atoms with Crippen molar-refractivity contribution < 1.29 is 19.1 Å². The summed E-state index contributed by atoms with van der Waals surface area (Å²) in [5.74, 6) is 1.43. The number of hydrogen-bond acceptors (Lipinski definition) is 5. The van der Waals surface area contributed by atoms with E-state index in [1.54, 1.807) is 49.6 Å². The number of carbonyl (C=O) groups is 3. The van der Waals surface area contributed by atoms with E-state index in [9.17, 15) is 14.4 Å². The van der Waals surface area contributed by atoms with Gasteiger partial charge >= 0.3 is 12.1 Å². The van der Waals surface area contributed by atoms with Crippen molar-refractivity contribution in [3.05, 3.63) is 30.3 Å². The fraction of sp³-hybridized carbons (Fsp3) is 0.550. The van der Waals surface area contributed by atoms with Crippen molar-refractivity contribution >= 4 is 35.5 Å². The molecule has 29 heavy (non-hydrogen) atoms. The SMILES string of the molecule is CC(C)(C)OC(=O)N1C[C@@H](NC(=O)Nc2ccccc2)C[C@H]1C(=O)N1CCSC1. The van der Waals surface area contributed by atoms with E-state index in [2.05, 4.69) is 10.6 Å². The molecule has 2 heterocycles. The van der Waals surface area contributed by atoms with Crippen molar-refractivity contribution in [1.29, 1.82) is 0 Å². The highest BCUT2D eigenvalue weighted by molar-refractivity contribution is 7.99. The molecule has 0 unspecified atom stereocenters. The first kappa shape index (κ1) is 21.3. The van der Waals surface area contributed by atoms with Crippen LogP contribution in [0.15, 0.2) is 30.3 Å². The van der Waals surface area contributed by atoms with Crippen LogP contribution in [0.3, 0.4) is 0 Å². The second-order valence-corrected chi connectivity index (χ2v) is 9.26. The minimum atomic E-state index is -0.662. The molecule has 0 saturated carbocycles. The number of hydrogen-bond donors (Lipinski definition) is 2. The van der Waals surface area contributed by atoms with Crippen molar-refractivity contribution in [2.45, 2.75) is 44.9 Å². The summed E-state index contributed by atoms with van der Waals surface area (Å²) in [6.07, 6.45) is -0.169. The summed E-state index contributed by atoms with van der Waals surface area (Å²) in [6, 6.07) is 7.77. The van der Waals surface area contributed by atoms with Gasteiger partial charge in [-0.2, -0.15) is 0 Å². The van der Waals surface area contributed by atoms with Gasteiger partial charge < -0.3 is 20.3 Å². The molecular formula is C20H28N4O4S. The van der Waals surface area contributed by atoms with Crippen molar-refractivity contribution in [1.82, 2.24) is 15.1 Å². The number of carbonyl (C=O) groups excluding carboxylic acids is 3. The van der Waals surface area contributed by atoms with Gasteiger partial charge in [-0.15, -0.1) is 11.8 Å². The molecule has 0 spiro atoms. The van der Waals surface area contributed by atoms with E-state index in [1.165, 1.54) is 4.90 Å². The van der Waals surface area contributed by atoms with Crippen LogP contribution in [0.2, 0.25) is 0 Å². The number of rotatable bonds is 3. The molecular weight excluding hydrogens is 392 g/mol. The lowest BCUT2D eigenvalue weighted by Crippen LogP contribution is -2.48. The first-order valence-electron chi connectivity index (χ1n) is 9.71. The maximum absolute atomic E-state index is 13.0. The van der Waals surface area contributed by atoms with Crippen molar-refractivity contribution in [2.24, 2.45) is 0 Å². The van der Waals surface area contributed by atoms with E-state index in [4.69, 9.17) is 4.74 Å². The van der Waals surface area contributed by atoms with Gasteiger partial charge in [0.05, 0.1) is 11.9 Å². The third kappa shape index (κ3) is 5.79. The highest BCUT2D eigenvalue weighted by atomic mass is 32.2. The average molecular weight is 421 g/mol. The fourth-order valence-corrected chi connectivity index (χ4v) is 4.32. The molecule has 158 valence electrons. The summed E-state index contributed by atoms with van der Waals surface area (Å²) in [4.78, 5) is 41.3. The van der Waals surface area contributed by atoms with Gasteiger partial charge in [0, 0.05) is 24.5 Å². The van der Waals surface area contributed by atoms with E-state index in [1.807, 2.05) is 18.2 Å². The number of anilines is 1. The predicted octanol–water partition coefficient (Wildman–Crippen LogP) is 2.72. The van der Waals surface area contributed by atoms with Crippen molar-refractivity contribution in [2.75, 3.05) is 30.0 Å². The molecule has 9 heteroatoms. The van der Waals surface area contributed by atoms with Crippen LogP contribution in [-0.2, 0) is 9.53 Å². The Morgan fingerprint density at radius 3 is 2.52 bits per heavy atom. The van der Waals surface area contributed by atoms with Gasteiger partial charge in [0.25, 0.3) is 0 Å². The zero-order valence-corrected chi connectivity index (χ0v) is 17.8. The molecule has 2 aliphatic rings. The highest BCUT2D eigenvalue weighted by Crippen LogP contribution is 2.25. The van der Waals surface area contributed by atoms with E-state index < -0.39 is 17.7 Å². The second-order valence-electron chi connectivity index (χ2n) is 8.18. The Labute approximate surface area is 175 Å². The van der Waals surface area contributed by atoms with Gasteiger partial charge in [-0.25, -0.2) is 9.59 Å². The maximum Gasteiger partial charge on any atom is 0.411 e. The van der Waals surface area contributed by atoms with Crippen LogP contribution in [0.25, 0.3) is 0 Å². The largest absolute Gasteiger partial charge is 0.444 e. The Bertz CT molecular complexity index is 747. The molecule has 0 aromatic heterocycles. The molecule has 4 amide bonds. The summed E-state index contributed by atoms with van der Waals surface area (Å²) in [6.45, 7) is 6.27. The average Bonchev–Trinajstić information content (AvgIpc) is 3.30. The fourth-order valence-electron chi connectivity index (χ4n) is 3.37. The van der Waals surface area contributed by atoms with Crippen molar-refractivity contribution in [3.63, 3.8) is 0 Å². The minimum absolute atomic E-state index is 0.0892. The molecule has 0 bridgehead atoms. The van der Waals surface area contributed by atoms with Crippen LogP contribution in [0.4, 0.5) is 15.3 Å². The number of nitrogens with one attached hydrogen (secondary N) is 2. The third-order valence-corrected chi connectivity index (χ3v) is 5.61. The Kier molecular flexibility index (Phi) is 6.56. The summed E-state index contributed by atoms with van der Waals surface area (Å²) >= 11 is 1.69. The maximum atomic E-state index is 13.0. The standard InChI is InChI=1S/C20H28N4O4S/c1-20(2,3)28-19(27)24-12-15(11-16(24)17(25)23-9-10-29-13-23)22-18(26)21-14-7-5-4-6-8-14/h4-8,15-16H,9-13H2,1-3H3,(H2,21,22,26)/t15-,16-/m0/s1. The number of benzene rings is 1. The summed E-state index contributed by atoms with van der Waals surface area (Å²) in [7, 11) is 0. The van der Waals surface area contributed by atoms with Gasteiger partial charge in [0.1, 0.15) is 11.6 Å². The number of nitrogens with zero attached hydrogens (tertiary/aromatic N) is 2. The molecule has 0 aliphatic carbocycles. The van der Waals surface area contributed by atoms with Crippen LogP contribution in [0.1, 0.15) is 27.2 Å². The normalized spacial score (nSPS) is 21.8. The molecule has 2 fully saturated rings. The first-order valence-corrected chi connectivity index (χ1v) is 10.9. The number of para-hydroxylation sites is 1. The van der Waals surface area contributed by atoms with Gasteiger partial charge in [-0.1, -0.05) is 18.2 Å². The number of likely N-dealkylation sites (tertiary alicyclic amines) is 1. The van der Waals surface area contributed by atoms with Gasteiger partial charge in [-0.3, -0.25) is 9.69 Å². The molecule has 1 aromatic carbocycles. The summed E-state index contributed by atoms with van der Waals surface area (Å²) in [5, 5.41) is 5.64. The van der Waals surface area contributed by atoms with Crippen LogP contribution in [-0.4, -0.2) is 70.2 Å². The Morgan fingerprint density at radius 2 is 1.90 bits per heavy atom. The lowest BCUT2D eigenvalue weighted by Gasteiger charge is -2.29. The quantitative estimate of drug-likeness (QED) is 0.785. The molecule has 3 rings (SSSR count). The first-order chi connectivity index (χ1) is 13.7. The van der Waals surface area contributed by atoms with Crippen LogP contribution in [0.5, 0.6) is 0 Å². The lowest BCUT2D eigenvalue weighted by molar-refractivity contribution is -0.134. The molecule has 2 saturated heterocycles. The van der Waals surface area contributed by atoms with Gasteiger partial charge in [0.2, 0.25) is 5.91 Å². The van der Waals surface area contributed by atoms with E-state index in [0.29, 0.717) is 24.5 Å². The molecule has 2 N–H and O–H groups in total. The molecule has 2 atom stereocenters. The lowest BCUT2D eigenvalue weighted by atomic mass is 10.1. The molecule has 0 radical (unpaired) electrons. The Balaban J connectivity index is 1.67. The summed E-state index contributed by atoms with van der Waals surface area (Å²) in [5.41, 5.74) is 0.0124. The number of ether oxygens (including phenoxy) is 1. The zero-order valence-electron chi connectivity index (χ0n) is 17.0. The minimum Gasteiger partial charge on any atom is -0.444 e. The summed E-state index contributed by atoms with van der Waals surface area (Å²) < 4.78 is 5.50. The third-order valence-electron chi connectivity index (χ3n) is 4.65. The monoisotopic (exact) mass is 420 g/mol. The van der Waals surface area contributed by atoms with Crippen LogP contribution >= 0.6 is 11.8 Å². The second kappa shape index (κ2) is 8.94. The van der Waals surface area contributed by atoms with Crippen LogP contribution in [0, 0.1) is 0 Å². The van der Waals surface area contributed by atoms with Gasteiger partial charge in [0.15, 0.2) is 0 Å². The number of thioether (sulfide) groups is 1. The predicted molar refractivity (Wildman–Crippen MR) is 113 cm³/mol. The number of urea groups is 1. The topological polar surface area (TPSA) is 91.0 Å². The van der Waals surface area contributed by atoms with E-state index in [-0.39, 0.29) is 24.5 Å². The zero-order chi connectivity index (χ0) is 21.0. The smallest absolute Gasteiger partial charge is 0.411 e. The molecule has 2 aliphatic heterocycles. The van der Waals surface area contributed by atoms with E-state index in [0.717, 1.165) is 5.75 Å². The molecule has 1 aromatic rings. The number of amides is 4. The van der Waals surface area contributed by atoms with E-state index >= 15 is 0 Å². The van der Waals surface area contributed by atoms with Crippen molar-refractivity contribution in [3.8, 4) is 0 Å². The van der Waals surface area contributed by atoms with Gasteiger partial charge in [-0.05, 0) is 39.3 Å². The highest BCUT2D eigenvalue weighted by Gasteiger charge is 2.43. The Hall–Kier alpha value is -2.42. The Morgan fingerprint density at radius 1 is 1.17 bits per heavy atom. The molecule has 8 nitrogen and oxygen atoms in total.